The van der Waals surface area contributed by atoms with Crippen molar-refractivity contribution in [1.82, 2.24) is 0 Å². The molecule has 3 heteroatoms. The molecule has 2 aromatic rings. The van der Waals surface area contributed by atoms with Gasteiger partial charge in [-0.15, -0.1) is 0 Å². The van der Waals surface area contributed by atoms with Gasteiger partial charge in [0.05, 0.1) is 0 Å². The fraction of sp³-hybridized carbons (Fsp3) is 0.250. The number of halogens is 2. The van der Waals surface area contributed by atoms with E-state index in [-0.39, 0.29) is 11.7 Å². The summed E-state index contributed by atoms with van der Waals surface area (Å²) < 4.78 is 2.31. The number of hydrogen-bond donors (Lipinski definition) is 0. The minimum Gasteiger partial charge on any atom is -0.294 e. The summed E-state index contributed by atoms with van der Waals surface area (Å²) in [6, 6.07) is 12.2. The Hall–Kier alpha value is -1.19. The first-order valence-corrected chi connectivity index (χ1v) is 9.32. The molecule has 0 aliphatic heterocycles. The maximum absolute atomic E-state index is 11.5. The van der Waals surface area contributed by atoms with Gasteiger partial charge in [0, 0.05) is 20.4 Å². The van der Waals surface area contributed by atoms with Crippen LogP contribution in [-0.4, -0.2) is 5.78 Å². The molecule has 0 radical (unpaired) electrons. The second kappa shape index (κ2) is 6.74. The summed E-state index contributed by atoms with van der Waals surface area (Å²) in [6.07, 6.45) is 4.24. The van der Waals surface area contributed by atoms with Crippen LogP contribution in [0.2, 0.25) is 0 Å². The van der Waals surface area contributed by atoms with Crippen LogP contribution in [0.3, 0.4) is 0 Å². The molecule has 23 heavy (non-hydrogen) atoms. The molecule has 2 aliphatic carbocycles. The van der Waals surface area contributed by atoms with Crippen LogP contribution in [0.1, 0.15) is 40.9 Å². The number of carbonyl (C=O) groups excluding carboxylic acids is 1. The Labute approximate surface area is 154 Å². The van der Waals surface area contributed by atoms with E-state index in [4.69, 9.17) is 0 Å². The fourth-order valence-corrected chi connectivity index (χ4v) is 4.20. The quantitative estimate of drug-likeness (QED) is 0.481. The maximum atomic E-state index is 11.5. The van der Waals surface area contributed by atoms with E-state index in [9.17, 15) is 4.79 Å². The largest absolute Gasteiger partial charge is 0.294 e. The SMILES string of the molecule is CC1=Cc2cccc(Br)c2C1.CC1Cc2c(Br)cccc2C1=O. The van der Waals surface area contributed by atoms with Crippen LogP contribution in [0.5, 0.6) is 0 Å². The smallest absolute Gasteiger partial charge is 0.166 e. The monoisotopic (exact) mass is 432 g/mol. The number of benzene rings is 2. The van der Waals surface area contributed by atoms with Gasteiger partial charge in [0.25, 0.3) is 0 Å². The maximum Gasteiger partial charge on any atom is 0.166 e. The van der Waals surface area contributed by atoms with Crippen molar-refractivity contribution < 1.29 is 4.79 Å². The lowest BCUT2D eigenvalue weighted by atomic mass is 10.1. The second-order valence-corrected chi connectivity index (χ2v) is 7.92. The fourth-order valence-electron chi connectivity index (χ4n) is 3.15. The lowest BCUT2D eigenvalue weighted by molar-refractivity contribution is 0.0946. The molecule has 0 saturated carbocycles. The molecule has 2 aliphatic rings. The van der Waals surface area contributed by atoms with E-state index in [1.807, 2.05) is 25.1 Å². The topological polar surface area (TPSA) is 17.1 Å². The molecule has 0 spiro atoms. The summed E-state index contributed by atoms with van der Waals surface area (Å²) in [5.74, 6) is 0.449. The van der Waals surface area contributed by atoms with Crippen LogP contribution in [0.25, 0.3) is 6.08 Å². The molecule has 0 fully saturated rings. The van der Waals surface area contributed by atoms with Gasteiger partial charge < -0.3 is 0 Å². The third-order valence-electron chi connectivity index (χ3n) is 4.35. The van der Waals surface area contributed by atoms with Gasteiger partial charge in [0.1, 0.15) is 0 Å². The molecule has 0 amide bonds. The highest BCUT2D eigenvalue weighted by Crippen LogP contribution is 2.32. The minimum atomic E-state index is 0.165. The Morgan fingerprint density at radius 2 is 1.65 bits per heavy atom. The van der Waals surface area contributed by atoms with Gasteiger partial charge in [-0.05, 0) is 48.6 Å². The molecule has 0 N–H and O–H groups in total. The Bertz CT molecular complexity index is 805. The number of hydrogen-bond acceptors (Lipinski definition) is 1. The first-order valence-electron chi connectivity index (χ1n) is 7.73. The van der Waals surface area contributed by atoms with Crippen molar-refractivity contribution >= 4 is 43.7 Å². The summed E-state index contributed by atoms with van der Waals surface area (Å²) in [5.41, 5.74) is 6.33. The molecule has 0 heterocycles. The summed E-state index contributed by atoms with van der Waals surface area (Å²) in [5, 5.41) is 0. The van der Waals surface area contributed by atoms with Crippen LogP contribution >= 0.6 is 31.9 Å². The molecular formula is C20H18Br2O. The third-order valence-corrected chi connectivity index (χ3v) is 5.84. The van der Waals surface area contributed by atoms with Gasteiger partial charge in [-0.3, -0.25) is 4.79 Å². The Balaban J connectivity index is 0.000000136. The Morgan fingerprint density at radius 3 is 2.30 bits per heavy atom. The van der Waals surface area contributed by atoms with Crippen LogP contribution in [0.15, 0.2) is 50.9 Å². The lowest BCUT2D eigenvalue weighted by Gasteiger charge is -1.99. The molecule has 0 aromatic heterocycles. The standard InChI is InChI=1S/C10H9BrO.C10H9Br/c1-6-5-8-7(10(6)12)3-2-4-9(8)11;1-7-5-8-3-2-4-10(11)9(8)6-7/h2-4,6H,5H2,1H3;2-5H,6H2,1H3. The number of rotatable bonds is 0. The van der Waals surface area contributed by atoms with E-state index in [2.05, 4.69) is 63.1 Å². The van der Waals surface area contributed by atoms with Gasteiger partial charge >= 0.3 is 0 Å². The number of carbonyl (C=O) groups is 1. The number of fused-ring (bicyclic) bond motifs is 2. The second-order valence-electron chi connectivity index (χ2n) is 6.21. The van der Waals surface area contributed by atoms with E-state index < -0.39 is 0 Å². The van der Waals surface area contributed by atoms with Crippen molar-refractivity contribution in [2.75, 3.05) is 0 Å². The van der Waals surface area contributed by atoms with Crippen molar-refractivity contribution in [1.29, 1.82) is 0 Å². The number of ketones is 1. The molecule has 118 valence electrons. The van der Waals surface area contributed by atoms with Gasteiger partial charge in [-0.1, -0.05) is 74.7 Å². The molecule has 2 aromatic carbocycles. The predicted molar refractivity (Wildman–Crippen MR) is 103 cm³/mol. The van der Waals surface area contributed by atoms with Crippen molar-refractivity contribution in [3.63, 3.8) is 0 Å². The first kappa shape index (κ1) is 16.7. The predicted octanol–water partition coefficient (Wildman–Crippen LogP) is 6.23. The van der Waals surface area contributed by atoms with Gasteiger partial charge in [0.15, 0.2) is 5.78 Å². The first-order chi connectivity index (χ1) is 11.0. The zero-order valence-corrected chi connectivity index (χ0v) is 16.4. The molecule has 1 nitrogen and oxygen atoms in total. The van der Waals surface area contributed by atoms with Crippen LogP contribution in [0, 0.1) is 5.92 Å². The Kier molecular flexibility index (Phi) is 4.88. The zero-order valence-electron chi connectivity index (χ0n) is 13.2. The van der Waals surface area contributed by atoms with Gasteiger partial charge in [-0.25, -0.2) is 0 Å². The van der Waals surface area contributed by atoms with Crippen LogP contribution in [0.4, 0.5) is 0 Å². The van der Waals surface area contributed by atoms with Crippen molar-refractivity contribution in [2.24, 2.45) is 5.92 Å². The molecule has 1 unspecified atom stereocenters. The molecule has 4 rings (SSSR count). The number of Topliss-reactive ketones (excluding diaryl/α,β-unsaturated/α-hetero) is 1. The molecule has 1 atom stereocenters. The summed E-state index contributed by atoms with van der Waals surface area (Å²) >= 11 is 6.99. The minimum absolute atomic E-state index is 0.165. The lowest BCUT2D eigenvalue weighted by Crippen LogP contribution is -2.02. The molecule has 0 bridgehead atoms. The molecular weight excluding hydrogens is 416 g/mol. The van der Waals surface area contributed by atoms with Crippen molar-refractivity contribution in [3.05, 3.63) is 73.2 Å². The van der Waals surface area contributed by atoms with Crippen molar-refractivity contribution in [2.45, 2.75) is 26.7 Å². The van der Waals surface area contributed by atoms with E-state index in [1.165, 1.54) is 26.7 Å². The third kappa shape index (κ3) is 3.36. The van der Waals surface area contributed by atoms with E-state index in [1.54, 1.807) is 0 Å². The Morgan fingerprint density at radius 1 is 1.00 bits per heavy atom. The van der Waals surface area contributed by atoms with E-state index >= 15 is 0 Å². The van der Waals surface area contributed by atoms with Crippen molar-refractivity contribution in [3.8, 4) is 0 Å². The average Bonchev–Trinajstić information content (AvgIpc) is 3.03. The van der Waals surface area contributed by atoms with E-state index in [0.717, 1.165) is 22.9 Å². The average molecular weight is 434 g/mol. The van der Waals surface area contributed by atoms with Gasteiger partial charge in [-0.2, -0.15) is 0 Å². The van der Waals surface area contributed by atoms with Gasteiger partial charge in [0.2, 0.25) is 0 Å². The molecule has 0 saturated heterocycles. The van der Waals surface area contributed by atoms with Crippen LogP contribution in [-0.2, 0) is 12.8 Å². The highest BCUT2D eigenvalue weighted by Gasteiger charge is 2.27. The summed E-state index contributed by atoms with van der Waals surface area (Å²) in [4.78, 5) is 11.5. The van der Waals surface area contributed by atoms with E-state index in [0.29, 0.717) is 0 Å². The van der Waals surface area contributed by atoms with Crippen LogP contribution < -0.4 is 0 Å². The number of allylic oxidation sites excluding steroid dienone is 1. The zero-order chi connectivity index (χ0) is 16.6. The highest BCUT2D eigenvalue weighted by molar-refractivity contribution is 9.10. The normalized spacial score (nSPS) is 18.0. The summed E-state index contributed by atoms with van der Waals surface area (Å²) in [7, 11) is 0. The summed E-state index contributed by atoms with van der Waals surface area (Å²) in [6.45, 7) is 4.15. The highest BCUT2D eigenvalue weighted by atomic mass is 79.9.